The molecule has 0 aliphatic carbocycles. The number of nitrogens with one attached hydrogen (secondary N) is 2. The number of benzene rings is 3. The van der Waals surface area contributed by atoms with Crippen LogP contribution in [0.2, 0.25) is 5.04 Å². The van der Waals surface area contributed by atoms with E-state index >= 15 is 0 Å². The van der Waals surface area contributed by atoms with Gasteiger partial charge < -0.3 is 15.1 Å². The highest BCUT2D eigenvalue weighted by atomic mass is 32.1. The first-order valence-electron chi connectivity index (χ1n) is 16.1. The predicted molar refractivity (Wildman–Crippen MR) is 201 cm³/mol. The van der Waals surface area contributed by atoms with Gasteiger partial charge in [-0.1, -0.05) is 93.6 Å². The standard InChI is InChI=1S/C40H43N3O3SSi/c1-28-17-20-34(35-23-24-47-37(35)26-42-39(45)22-19-31-18-21-38(41-25-31)43-30(3)44)29(2)36(28)27-46-48(40(4,5)6,32-13-9-7-10-14-32)33-15-11-8-12-16-33/h7-25H,26-27H2,1-6H3,(H,42,45)(H,41,43,44)/b22-19+. The summed E-state index contributed by atoms with van der Waals surface area (Å²) in [5, 5.41) is 10.2. The Morgan fingerprint density at radius 1 is 0.875 bits per heavy atom. The van der Waals surface area contributed by atoms with Crippen LogP contribution in [0.4, 0.5) is 5.82 Å². The number of pyridine rings is 1. The Morgan fingerprint density at radius 3 is 2.12 bits per heavy atom. The van der Waals surface area contributed by atoms with Gasteiger partial charge in [-0.05, 0) is 92.3 Å². The molecule has 0 saturated heterocycles. The van der Waals surface area contributed by atoms with Gasteiger partial charge in [0.25, 0.3) is 8.32 Å². The van der Waals surface area contributed by atoms with Crippen LogP contribution < -0.4 is 21.0 Å². The van der Waals surface area contributed by atoms with Gasteiger partial charge in [-0.2, -0.15) is 0 Å². The molecule has 48 heavy (non-hydrogen) atoms. The first kappa shape index (κ1) is 34.7. The number of carbonyl (C=O) groups is 2. The third-order valence-electron chi connectivity index (χ3n) is 8.66. The highest BCUT2D eigenvalue weighted by molar-refractivity contribution is 7.10. The van der Waals surface area contributed by atoms with E-state index in [1.165, 1.54) is 40.1 Å². The largest absolute Gasteiger partial charge is 0.403 e. The number of hydrogen-bond donors (Lipinski definition) is 2. The maximum Gasteiger partial charge on any atom is 0.261 e. The minimum Gasteiger partial charge on any atom is -0.403 e. The Balaban J connectivity index is 1.36. The van der Waals surface area contributed by atoms with Crippen molar-refractivity contribution in [3.05, 3.63) is 136 Å². The van der Waals surface area contributed by atoms with Crippen molar-refractivity contribution in [2.45, 2.75) is 59.7 Å². The average Bonchev–Trinajstić information content (AvgIpc) is 3.53. The van der Waals surface area contributed by atoms with E-state index in [9.17, 15) is 9.59 Å². The van der Waals surface area contributed by atoms with Crippen LogP contribution in [0.25, 0.3) is 17.2 Å². The first-order valence-corrected chi connectivity index (χ1v) is 18.9. The van der Waals surface area contributed by atoms with Crippen LogP contribution in [0, 0.1) is 13.8 Å². The van der Waals surface area contributed by atoms with Crippen LogP contribution in [-0.4, -0.2) is 25.1 Å². The van der Waals surface area contributed by atoms with Crippen molar-refractivity contribution in [3.63, 3.8) is 0 Å². The number of aromatic nitrogens is 1. The molecule has 0 atom stereocenters. The molecule has 2 heterocycles. The van der Waals surface area contributed by atoms with E-state index < -0.39 is 8.32 Å². The first-order chi connectivity index (χ1) is 23.0. The summed E-state index contributed by atoms with van der Waals surface area (Å²) in [6, 6.07) is 31.5. The summed E-state index contributed by atoms with van der Waals surface area (Å²) in [5.41, 5.74) is 6.61. The second-order valence-electron chi connectivity index (χ2n) is 13.0. The molecule has 2 amide bonds. The molecule has 2 aromatic heterocycles. The van der Waals surface area contributed by atoms with E-state index in [0.717, 1.165) is 21.6 Å². The van der Waals surface area contributed by atoms with E-state index in [0.29, 0.717) is 19.0 Å². The molecule has 6 nitrogen and oxygen atoms in total. The number of hydrogen-bond acceptors (Lipinski definition) is 5. The fourth-order valence-corrected chi connectivity index (χ4v) is 11.6. The Morgan fingerprint density at radius 2 is 1.54 bits per heavy atom. The van der Waals surface area contributed by atoms with Gasteiger partial charge in [0, 0.05) is 24.1 Å². The highest BCUT2D eigenvalue weighted by Crippen LogP contribution is 2.39. The zero-order valence-electron chi connectivity index (χ0n) is 28.5. The molecule has 2 N–H and O–H groups in total. The van der Waals surface area contributed by atoms with E-state index in [4.69, 9.17) is 4.43 Å². The van der Waals surface area contributed by atoms with Crippen molar-refractivity contribution in [2.24, 2.45) is 0 Å². The fourth-order valence-electron chi connectivity index (χ4n) is 6.22. The third kappa shape index (κ3) is 7.73. The molecule has 0 bridgehead atoms. The molecule has 0 saturated carbocycles. The number of thiophene rings is 1. The fraction of sp³-hybridized carbons (Fsp3) is 0.225. The SMILES string of the molecule is CC(=O)Nc1ccc(/C=C/C(=O)NCc2sccc2-c2ccc(C)c(CO[Si](c3ccccc3)(c3ccccc3)C(C)(C)C)c2C)cn1. The summed E-state index contributed by atoms with van der Waals surface area (Å²) in [6.45, 7) is 13.6. The van der Waals surface area contributed by atoms with Crippen molar-refractivity contribution in [1.29, 1.82) is 0 Å². The van der Waals surface area contributed by atoms with Crippen molar-refractivity contribution >= 4 is 53.7 Å². The minimum absolute atomic E-state index is 0.116. The molecule has 246 valence electrons. The number of carbonyl (C=O) groups excluding carboxylic acids is 2. The van der Waals surface area contributed by atoms with Gasteiger partial charge in [0.2, 0.25) is 11.8 Å². The molecule has 8 heteroatoms. The van der Waals surface area contributed by atoms with Gasteiger partial charge in [0.05, 0.1) is 13.2 Å². The molecule has 0 aliphatic rings. The number of amides is 2. The number of anilines is 1. The van der Waals surface area contributed by atoms with Gasteiger partial charge in [0.15, 0.2) is 0 Å². The molecule has 0 radical (unpaired) electrons. The lowest BCUT2D eigenvalue weighted by atomic mass is 9.94. The lowest BCUT2D eigenvalue weighted by Crippen LogP contribution is -2.66. The summed E-state index contributed by atoms with van der Waals surface area (Å²) in [7, 11) is -2.71. The van der Waals surface area contributed by atoms with Gasteiger partial charge in [-0.25, -0.2) is 4.98 Å². The molecular formula is C40H43N3O3SSi. The molecule has 0 unspecified atom stereocenters. The smallest absolute Gasteiger partial charge is 0.261 e. The second-order valence-corrected chi connectivity index (χ2v) is 18.3. The van der Waals surface area contributed by atoms with E-state index in [2.05, 4.69) is 134 Å². The lowest BCUT2D eigenvalue weighted by molar-refractivity contribution is -0.116. The van der Waals surface area contributed by atoms with Crippen LogP contribution >= 0.6 is 11.3 Å². The Hall–Kier alpha value is -4.63. The summed E-state index contributed by atoms with van der Waals surface area (Å²) in [4.78, 5) is 29.3. The molecular weight excluding hydrogens is 631 g/mol. The second kappa shape index (κ2) is 15.1. The van der Waals surface area contributed by atoms with Crippen molar-refractivity contribution < 1.29 is 14.0 Å². The van der Waals surface area contributed by atoms with Crippen molar-refractivity contribution in [1.82, 2.24) is 10.3 Å². The quantitative estimate of drug-likeness (QED) is 0.111. The molecule has 5 aromatic rings. The Bertz CT molecular complexity index is 1860. The average molecular weight is 674 g/mol. The zero-order chi connectivity index (χ0) is 34.3. The zero-order valence-corrected chi connectivity index (χ0v) is 30.3. The normalized spacial score (nSPS) is 11.9. The predicted octanol–water partition coefficient (Wildman–Crippen LogP) is 7.79. The maximum atomic E-state index is 12.7. The van der Waals surface area contributed by atoms with E-state index in [1.807, 2.05) is 0 Å². The molecule has 0 fully saturated rings. The van der Waals surface area contributed by atoms with Crippen LogP contribution in [0.15, 0.2) is 109 Å². The number of aryl methyl sites for hydroxylation is 1. The van der Waals surface area contributed by atoms with Gasteiger partial charge in [-0.15, -0.1) is 11.3 Å². The minimum atomic E-state index is -2.71. The highest BCUT2D eigenvalue weighted by Gasteiger charge is 2.50. The van der Waals surface area contributed by atoms with Crippen LogP contribution in [0.3, 0.4) is 0 Å². The molecule has 0 spiro atoms. The topological polar surface area (TPSA) is 80.3 Å². The third-order valence-corrected chi connectivity index (χ3v) is 14.6. The van der Waals surface area contributed by atoms with Crippen LogP contribution in [-0.2, 0) is 27.2 Å². The van der Waals surface area contributed by atoms with Gasteiger partial charge >= 0.3 is 0 Å². The van der Waals surface area contributed by atoms with E-state index in [1.54, 1.807) is 35.7 Å². The van der Waals surface area contributed by atoms with Crippen LogP contribution in [0.5, 0.6) is 0 Å². The number of rotatable bonds is 11. The van der Waals surface area contributed by atoms with E-state index in [-0.39, 0.29) is 16.9 Å². The van der Waals surface area contributed by atoms with Gasteiger partial charge in [-0.3, -0.25) is 9.59 Å². The van der Waals surface area contributed by atoms with Gasteiger partial charge in [0.1, 0.15) is 5.82 Å². The van der Waals surface area contributed by atoms with Crippen molar-refractivity contribution in [3.8, 4) is 11.1 Å². The monoisotopic (exact) mass is 673 g/mol. The molecule has 0 aliphatic heterocycles. The summed E-state index contributed by atoms with van der Waals surface area (Å²) in [5.74, 6) is 0.0950. The molecule has 5 rings (SSSR count). The molecule has 3 aromatic carbocycles. The number of nitrogens with zero attached hydrogens (tertiary/aromatic N) is 1. The van der Waals surface area contributed by atoms with Crippen LogP contribution in [0.1, 0.15) is 54.8 Å². The van der Waals surface area contributed by atoms with Crippen molar-refractivity contribution in [2.75, 3.05) is 5.32 Å². The Kier molecular flexibility index (Phi) is 10.9. The maximum absolute atomic E-state index is 12.7. The Labute approximate surface area is 289 Å². The summed E-state index contributed by atoms with van der Waals surface area (Å²) >= 11 is 1.63. The summed E-state index contributed by atoms with van der Waals surface area (Å²) < 4.78 is 7.34. The summed E-state index contributed by atoms with van der Waals surface area (Å²) in [6.07, 6.45) is 4.82. The lowest BCUT2D eigenvalue weighted by Gasteiger charge is -2.43.